The van der Waals surface area contributed by atoms with Crippen molar-refractivity contribution >= 4 is 35.8 Å². The topological polar surface area (TPSA) is 84.4 Å². The van der Waals surface area contributed by atoms with E-state index < -0.39 is 6.61 Å². The number of nitrogens with zero attached hydrogens (tertiary/aromatic N) is 2. The number of amides is 1. The Morgan fingerprint density at radius 3 is 2.62 bits per heavy atom. The zero-order chi connectivity index (χ0) is 22.0. The fourth-order valence-electron chi connectivity index (χ4n) is 4.53. The largest absolute Gasteiger partial charge is 0.454 e. The molecular weight excluding hydrogens is 537 g/mol. The van der Waals surface area contributed by atoms with Crippen molar-refractivity contribution in [3.63, 3.8) is 0 Å². The molecule has 1 amide bonds. The number of hydrogen-bond acceptors (Lipinski definition) is 5. The number of alkyl halides is 2. The monoisotopic (exact) mass is 566 g/mol. The van der Waals surface area contributed by atoms with E-state index >= 15 is 0 Å². The lowest BCUT2D eigenvalue weighted by molar-refractivity contribution is -0.127. The minimum Gasteiger partial charge on any atom is -0.454 e. The van der Waals surface area contributed by atoms with E-state index in [0.29, 0.717) is 35.0 Å². The maximum absolute atomic E-state index is 12.9. The van der Waals surface area contributed by atoms with Crippen LogP contribution >= 0.6 is 24.0 Å². The molecule has 3 aliphatic rings. The lowest BCUT2D eigenvalue weighted by Gasteiger charge is -2.25. The van der Waals surface area contributed by atoms with Crippen LogP contribution in [-0.4, -0.2) is 56.9 Å². The maximum atomic E-state index is 12.9. The number of likely N-dealkylation sites (N-methyl/N-ethyl adjacent to an activating group) is 1. The number of fused-ring (bicyclic) bond motifs is 3. The summed E-state index contributed by atoms with van der Waals surface area (Å²) in [5.41, 5.74) is 0.442. The van der Waals surface area contributed by atoms with Crippen molar-refractivity contribution in [2.45, 2.75) is 44.9 Å². The van der Waals surface area contributed by atoms with Gasteiger partial charge in [-0.05, 0) is 37.2 Å². The highest BCUT2D eigenvalue weighted by atomic mass is 127. The van der Waals surface area contributed by atoms with Crippen LogP contribution in [0.3, 0.4) is 0 Å². The Morgan fingerprint density at radius 1 is 1.25 bits per heavy atom. The van der Waals surface area contributed by atoms with Gasteiger partial charge in [-0.1, -0.05) is 6.42 Å². The van der Waals surface area contributed by atoms with E-state index in [1.807, 2.05) is 0 Å². The first kappa shape index (κ1) is 24.6. The maximum Gasteiger partial charge on any atom is 0.387 e. The van der Waals surface area contributed by atoms with Gasteiger partial charge in [-0.25, -0.2) is 4.99 Å². The van der Waals surface area contributed by atoms with Crippen molar-refractivity contribution < 1.29 is 27.8 Å². The summed E-state index contributed by atoms with van der Waals surface area (Å²) < 4.78 is 41.1. The molecule has 2 N–H and O–H groups in total. The van der Waals surface area contributed by atoms with Gasteiger partial charge in [0.15, 0.2) is 17.5 Å². The zero-order valence-electron chi connectivity index (χ0n) is 18.1. The number of hydrogen-bond donors (Lipinski definition) is 2. The molecule has 1 aromatic rings. The molecule has 0 aromatic heterocycles. The first-order valence-electron chi connectivity index (χ1n) is 10.5. The van der Waals surface area contributed by atoms with Crippen LogP contribution in [0.5, 0.6) is 17.2 Å². The van der Waals surface area contributed by atoms with Gasteiger partial charge in [-0.3, -0.25) is 4.79 Å². The molecule has 2 bridgehead atoms. The van der Waals surface area contributed by atoms with Gasteiger partial charge >= 0.3 is 6.61 Å². The highest BCUT2D eigenvalue weighted by molar-refractivity contribution is 14.0. The molecule has 1 heterocycles. The molecule has 0 radical (unpaired) electrons. The van der Waals surface area contributed by atoms with Gasteiger partial charge in [0.05, 0.1) is 13.1 Å². The second-order valence-electron chi connectivity index (χ2n) is 8.42. The van der Waals surface area contributed by atoms with Crippen molar-refractivity contribution in [2.75, 3.05) is 27.4 Å². The van der Waals surface area contributed by atoms with Gasteiger partial charge in [0.1, 0.15) is 5.75 Å². The minimum atomic E-state index is -2.97. The summed E-state index contributed by atoms with van der Waals surface area (Å²) in [6.07, 6.45) is 4.76. The average Bonchev–Trinajstić information content (AvgIpc) is 3.45. The Morgan fingerprint density at radius 2 is 2.00 bits per heavy atom. The normalized spacial score (nSPS) is 23.2. The molecule has 2 fully saturated rings. The highest BCUT2D eigenvalue weighted by Gasteiger charge is 2.39. The third-order valence-corrected chi connectivity index (χ3v) is 6.15. The van der Waals surface area contributed by atoms with Crippen LogP contribution < -0.4 is 24.8 Å². The van der Waals surface area contributed by atoms with Crippen molar-refractivity contribution in [3.8, 4) is 17.2 Å². The van der Waals surface area contributed by atoms with E-state index in [1.54, 1.807) is 20.2 Å². The summed E-state index contributed by atoms with van der Waals surface area (Å²) in [6, 6.07) is 3.29. The van der Waals surface area contributed by atoms with Crippen LogP contribution in [0.2, 0.25) is 0 Å². The molecule has 1 aliphatic heterocycles. The van der Waals surface area contributed by atoms with Gasteiger partial charge in [0, 0.05) is 31.8 Å². The van der Waals surface area contributed by atoms with Crippen LogP contribution in [0.25, 0.3) is 0 Å². The number of carbonyl (C=O) groups is 1. The Labute approximate surface area is 203 Å². The molecule has 11 heteroatoms. The molecule has 2 aliphatic carbocycles. The van der Waals surface area contributed by atoms with Gasteiger partial charge in [0.2, 0.25) is 12.7 Å². The first-order valence-corrected chi connectivity index (χ1v) is 10.5. The molecule has 8 nitrogen and oxygen atoms in total. The van der Waals surface area contributed by atoms with E-state index in [4.69, 9.17) is 9.47 Å². The molecule has 0 spiro atoms. The molecule has 2 saturated carbocycles. The molecule has 3 unspecified atom stereocenters. The fourth-order valence-corrected chi connectivity index (χ4v) is 4.53. The SMILES string of the molecule is CN(C)C(=O)CNC(=NCc1cc2c(cc1OC(F)F)OCO2)NC1CC2CCC1C2.I. The summed E-state index contributed by atoms with van der Waals surface area (Å²) in [7, 11) is 3.37. The molecule has 0 saturated heterocycles. The van der Waals surface area contributed by atoms with E-state index in [9.17, 15) is 13.6 Å². The van der Waals surface area contributed by atoms with E-state index in [1.165, 1.54) is 30.2 Å². The Balaban J connectivity index is 0.00000289. The van der Waals surface area contributed by atoms with Crippen molar-refractivity contribution in [1.29, 1.82) is 0 Å². The van der Waals surface area contributed by atoms with E-state index in [-0.39, 0.29) is 55.5 Å². The quantitative estimate of drug-likeness (QED) is 0.300. The molecule has 32 heavy (non-hydrogen) atoms. The summed E-state index contributed by atoms with van der Waals surface area (Å²) >= 11 is 0. The standard InChI is InChI=1S/C21H28F2N4O4.HI/c1-27(2)19(28)10-25-21(26-15-6-12-3-4-13(15)5-12)24-9-14-7-17-18(30-11-29-17)8-16(14)31-20(22)23;/h7-8,12-13,15,20H,3-6,9-11H2,1-2H3,(H2,24,25,26);1H. The van der Waals surface area contributed by atoms with E-state index in [0.717, 1.165) is 12.3 Å². The predicted molar refractivity (Wildman–Crippen MR) is 125 cm³/mol. The molecule has 3 atom stereocenters. The molecule has 178 valence electrons. The van der Waals surface area contributed by atoms with Crippen LogP contribution in [0.15, 0.2) is 17.1 Å². The zero-order valence-corrected chi connectivity index (χ0v) is 20.4. The number of benzene rings is 1. The van der Waals surface area contributed by atoms with Crippen molar-refractivity contribution in [3.05, 3.63) is 17.7 Å². The number of guanidine groups is 1. The number of nitrogens with one attached hydrogen (secondary N) is 2. The van der Waals surface area contributed by atoms with Gasteiger partial charge in [0.25, 0.3) is 0 Å². The van der Waals surface area contributed by atoms with Crippen molar-refractivity contribution in [2.24, 2.45) is 16.8 Å². The summed E-state index contributed by atoms with van der Waals surface area (Å²) in [4.78, 5) is 18.1. The van der Waals surface area contributed by atoms with Gasteiger partial charge in [-0.2, -0.15) is 8.78 Å². The predicted octanol–water partition coefficient (Wildman–Crippen LogP) is 2.95. The Bertz CT molecular complexity index is 855. The smallest absolute Gasteiger partial charge is 0.387 e. The summed E-state index contributed by atoms with van der Waals surface area (Å²) in [5, 5.41) is 6.52. The van der Waals surface area contributed by atoms with Crippen LogP contribution in [0, 0.1) is 11.8 Å². The van der Waals surface area contributed by atoms with Crippen LogP contribution in [0.4, 0.5) is 8.78 Å². The van der Waals surface area contributed by atoms with Gasteiger partial charge < -0.3 is 29.7 Å². The number of halogens is 3. The minimum absolute atomic E-state index is 0. The molecule has 1 aromatic carbocycles. The van der Waals surface area contributed by atoms with E-state index in [2.05, 4.69) is 20.4 Å². The van der Waals surface area contributed by atoms with Crippen LogP contribution in [0.1, 0.15) is 31.2 Å². The third-order valence-electron chi connectivity index (χ3n) is 6.15. The lowest BCUT2D eigenvalue weighted by atomic mass is 9.95. The average molecular weight is 566 g/mol. The highest BCUT2D eigenvalue weighted by Crippen LogP contribution is 2.44. The summed E-state index contributed by atoms with van der Waals surface area (Å²) in [6.45, 7) is -2.78. The van der Waals surface area contributed by atoms with Crippen LogP contribution in [-0.2, 0) is 11.3 Å². The number of ether oxygens (including phenoxy) is 3. The Kier molecular flexibility index (Phi) is 8.23. The second-order valence-corrected chi connectivity index (χ2v) is 8.42. The summed E-state index contributed by atoms with van der Waals surface area (Å²) in [5.74, 6) is 2.55. The molecule has 4 rings (SSSR count). The molecular formula is C21H29F2IN4O4. The fraction of sp³-hybridized carbons (Fsp3) is 0.619. The third kappa shape index (κ3) is 5.84. The van der Waals surface area contributed by atoms with Crippen molar-refractivity contribution in [1.82, 2.24) is 15.5 Å². The lowest BCUT2D eigenvalue weighted by Crippen LogP contribution is -2.48. The second kappa shape index (κ2) is 10.7. The van der Waals surface area contributed by atoms with Gasteiger partial charge in [-0.15, -0.1) is 24.0 Å². The Hall–Kier alpha value is -2.05. The first-order chi connectivity index (χ1) is 14.9. The number of aliphatic imine (C=N–C) groups is 1. The number of rotatable bonds is 7. The number of carbonyl (C=O) groups excluding carboxylic acids is 1.